The zero-order chi connectivity index (χ0) is 16.7. The van der Waals surface area contributed by atoms with E-state index in [1.807, 2.05) is 29.2 Å². The van der Waals surface area contributed by atoms with Crippen LogP contribution in [0.5, 0.6) is 0 Å². The summed E-state index contributed by atoms with van der Waals surface area (Å²) in [6.45, 7) is 2.10. The number of para-hydroxylation sites is 1. The van der Waals surface area contributed by atoms with Crippen molar-refractivity contribution in [1.82, 2.24) is 4.90 Å². The lowest BCUT2D eigenvalue weighted by Gasteiger charge is -2.21. The van der Waals surface area contributed by atoms with Crippen LogP contribution in [0.2, 0.25) is 0 Å². The highest BCUT2D eigenvalue weighted by molar-refractivity contribution is 7.92. The third-order valence-electron chi connectivity index (χ3n) is 5.43. The Bertz CT molecular complexity index is 742. The Kier molecular flexibility index (Phi) is 4.03. The van der Waals surface area contributed by atoms with E-state index in [9.17, 15) is 13.2 Å². The molecule has 24 heavy (non-hydrogen) atoms. The molecule has 0 radical (unpaired) electrons. The van der Waals surface area contributed by atoms with Crippen molar-refractivity contribution in [1.29, 1.82) is 0 Å². The smallest absolute Gasteiger partial charge is 0.235 e. The summed E-state index contributed by atoms with van der Waals surface area (Å²) in [5.74, 6) is 1.05. The van der Waals surface area contributed by atoms with E-state index in [1.54, 1.807) is 4.31 Å². The maximum atomic E-state index is 12.8. The zero-order valence-corrected chi connectivity index (χ0v) is 14.7. The Morgan fingerprint density at radius 2 is 1.96 bits per heavy atom. The standard InChI is InChI=1S/C18H24N2O3S/c21-18-6-3-10-19(18)11-9-15-12-20(17-5-2-1-4-16(15)17)24(22,23)13-14-7-8-14/h1-2,4-5,14-15H,3,6-13H2/t15-/m1/s1. The van der Waals surface area contributed by atoms with Gasteiger partial charge in [0.2, 0.25) is 15.9 Å². The van der Waals surface area contributed by atoms with Gasteiger partial charge >= 0.3 is 0 Å². The molecule has 0 aromatic heterocycles. The van der Waals surface area contributed by atoms with Gasteiger partial charge in [0.15, 0.2) is 0 Å². The van der Waals surface area contributed by atoms with E-state index in [1.165, 1.54) is 0 Å². The summed E-state index contributed by atoms with van der Waals surface area (Å²) in [7, 11) is -3.24. The van der Waals surface area contributed by atoms with Crippen LogP contribution >= 0.6 is 0 Å². The van der Waals surface area contributed by atoms with Crippen LogP contribution in [0.15, 0.2) is 24.3 Å². The first-order valence-electron chi connectivity index (χ1n) is 8.92. The lowest BCUT2D eigenvalue weighted by molar-refractivity contribution is -0.127. The van der Waals surface area contributed by atoms with Crippen molar-refractivity contribution in [3.05, 3.63) is 29.8 Å². The van der Waals surface area contributed by atoms with Crippen molar-refractivity contribution in [2.75, 3.05) is 29.7 Å². The quantitative estimate of drug-likeness (QED) is 0.793. The van der Waals surface area contributed by atoms with E-state index in [2.05, 4.69) is 0 Å². The van der Waals surface area contributed by atoms with E-state index < -0.39 is 10.0 Å². The summed E-state index contributed by atoms with van der Waals surface area (Å²) in [5, 5.41) is 0. The van der Waals surface area contributed by atoms with Gasteiger partial charge in [-0.3, -0.25) is 9.10 Å². The normalized spacial score (nSPS) is 23.8. The van der Waals surface area contributed by atoms with Crippen molar-refractivity contribution in [3.63, 3.8) is 0 Å². The summed E-state index contributed by atoms with van der Waals surface area (Å²) in [5.41, 5.74) is 1.96. The molecule has 0 unspecified atom stereocenters. The van der Waals surface area contributed by atoms with Crippen molar-refractivity contribution in [3.8, 4) is 0 Å². The first-order valence-corrected chi connectivity index (χ1v) is 10.5. The Balaban J connectivity index is 1.51. The number of rotatable bonds is 6. The van der Waals surface area contributed by atoms with E-state index in [-0.39, 0.29) is 17.6 Å². The third kappa shape index (κ3) is 3.04. The molecule has 4 rings (SSSR count). The second-order valence-electron chi connectivity index (χ2n) is 7.28. The van der Waals surface area contributed by atoms with Crippen LogP contribution in [0.3, 0.4) is 0 Å². The maximum absolute atomic E-state index is 12.8. The Morgan fingerprint density at radius 1 is 1.17 bits per heavy atom. The van der Waals surface area contributed by atoms with Gasteiger partial charge in [-0.2, -0.15) is 0 Å². The molecule has 2 heterocycles. The summed E-state index contributed by atoms with van der Waals surface area (Å²) in [6.07, 6.45) is 4.51. The molecule has 1 saturated carbocycles. The van der Waals surface area contributed by atoms with Crippen molar-refractivity contribution < 1.29 is 13.2 Å². The van der Waals surface area contributed by atoms with Gasteiger partial charge in [0.25, 0.3) is 0 Å². The number of fused-ring (bicyclic) bond motifs is 1. The number of carbonyl (C=O) groups is 1. The number of sulfonamides is 1. The maximum Gasteiger partial charge on any atom is 0.235 e. The number of anilines is 1. The predicted octanol–water partition coefficient (Wildman–Crippen LogP) is 2.34. The number of likely N-dealkylation sites (tertiary alicyclic amines) is 1. The Labute approximate surface area is 143 Å². The highest BCUT2D eigenvalue weighted by Crippen LogP contribution is 2.41. The van der Waals surface area contributed by atoms with Crippen molar-refractivity contribution in [2.24, 2.45) is 5.92 Å². The molecule has 1 aromatic carbocycles. The number of carbonyl (C=O) groups excluding carboxylic acids is 1. The molecule has 1 aromatic rings. The van der Waals surface area contributed by atoms with E-state index >= 15 is 0 Å². The minimum atomic E-state index is -3.24. The second kappa shape index (κ2) is 6.06. The summed E-state index contributed by atoms with van der Waals surface area (Å²) < 4.78 is 27.2. The van der Waals surface area contributed by atoms with Gasteiger partial charge in [0.05, 0.1) is 11.4 Å². The fourth-order valence-electron chi connectivity index (χ4n) is 3.89. The zero-order valence-electron chi connectivity index (χ0n) is 13.9. The molecule has 1 atom stereocenters. The van der Waals surface area contributed by atoms with E-state index in [0.717, 1.165) is 50.0 Å². The molecule has 2 aliphatic heterocycles. The van der Waals surface area contributed by atoms with Gasteiger partial charge in [-0.05, 0) is 43.2 Å². The summed E-state index contributed by atoms with van der Waals surface area (Å²) in [4.78, 5) is 13.7. The Morgan fingerprint density at radius 3 is 2.67 bits per heavy atom. The van der Waals surface area contributed by atoms with Crippen LogP contribution in [0.4, 0.5) is 5.69 Å². The lowest BCUT2D eigenvalue weighted by Crippen LogP contribution is -2.33. The molecular weight excluding hydrogens is 324 g/mol. The fraction of sp³-hybridized carbons (Fsp3) is 0.611. The molecule has 0 bridgehead atoms. The molecule has 0 spiro atoms. The van der Waals surface area contributed by atoms with Crippen molar-refractivity contribution in [2.45, 2.75) is 38.0 Å². The number of hydrogen-bond donors (Lipinski definition) is 0. The summed E-state index contributed by atoms with van der Waals surface area (Å²) >= 11 is 0. The van der Waals surface area contributed by atoms with Crippen LogP contribution in [0, 0.1) is 5.92 Å². The first kappa shape index (κ1) is 15.9. The number of nitrogens with zero attached hydrogens (tertiary/aromatic N) is 2. The average molecular weight is 348 g/mol. The van der Waals surface area contributed by atoms with Crippen LogP contribution in [-0.4, -0.2) is 44.6 Å². The minimum absolute atomic E-state index is 0.184. The SMILES string of the molecule is O=C1CCCN1CC[C@@H]1CN(S(=O)(=O)CC2CC2)c2ccccc21. The predicted molar refractivity (Wildman–Crippen MR) is 93.5 cm³/mol. The van der Waals surface area contributed by atoms with Gasteiger partial charge in [0.1, 0.15) is 0 Å². The second-order valence-corrected chi connectivity index (χ2v) is 9.22. The monoisotopic (exact) mass is 348 g/mol. The molecule has 3 aliphatic rings. The summed E-state index contributed by atoms with van der Waals surface area (Å²) in [6, 6.07) is 7.84. The van der Waals surface area contributed by atoms with Gasteiger partial charge < -0.3 is 4.90 Å². The van der Waals surface area contributed by atoms with Gasteiger partial charge in [0, 0.05) is 32.0 Å². The van der Waals surface area contributed by atoms with Crippen LogP contribution in [0.25, 0.3) is 0 Å². The van der Waals surface area contributed by atoms with Crippen LogP contribution in [0.1, 0.15) is 43.6 Å². The van der Waals surface area contributed by atoms with E-state index in [0.29, 0.717) is 18.9 Å². The highest BCUT2D eigenvalue weighted by Gasteiger charge is 2.38. The minimum Gasteiger partial charge on any atom is -0.343 e. The first-order chi connectivity index (χ1) is 11.5. The molecule has 5 nitrogen and oxygen atoms in total. The number of amides is 1. The fourth-order valence-corrected chi connectivity index (χ4v) is 5.87. The lowest BCUT2D eigenvalue weighted by atomic mass is 9.98. The molecule has 2 fully saturated rings. The molecule has 0 N–H and O–H groups in total. The highest BCUT2D eigenvalue weighted by atomic mass is 32.2. The van der Waals surface area contributed by atoms with Crippen LogP contribution in [-0.2, 0) is 14.8 Å². The molecule has 6 heteroatoms. The molecule has 1 saturated heterocycles. The molecular formula is C18H24N2O3S. The van der Waals surface area contributed by atoms with Crippen LogP contribution < -0.4 is 4.31 Å². The molecule has 130 valence electrons. The largest absolute Gasteiger partial charge is 0.343 e. The number of hydrogen-bond acceptors (Lipinski definition) is 3. The number of benzene rings is 1. The van der Waals surface area contributed by atoms with E-state index in [4.69, 9.17) is 0 Å². The van der Waals surface area contributed by atoms with Gasteiger partial charge in [-0.15, -0.1) is 0 Å². The molecule has 1 amide bonds. The average Bonchev–Trinajstić information content (AvgIpc) is 3.13. The van der Waals surface area contributed by atoms with Gasteiger partial charge in [-0.25, -0.2) is 8.42 Å². The van der Waals surface area contributed by atoms with Gasteiger partial charge in [-0.1, -0.05) is 18.2 Å². The Hall–Kier alpha value is -1.56. The van der Waals surface area contributed by atoms with Crippen molar-refractivity contribution >= 4 is 21.6 Å². The topological polar surface area (TPSA) is 57.7 Å². The molecule has 1 aliphatic carbocycles. The third-order valence-corrected chi connectivity index (χ3v) is 7.34.